The first-order valence-corrected chi connectivity index (χ1v) is 8.99. The highest BCUT2D eigenvalue weighted by molar-refractivity contribution is 9.10. The Morgan fingerprint density at radius 1 is 1.38 bits per heavy atom. The van der Waals surface area contributed by atoms with Gasteiger partial charge in [-0.2, -0.15) is 5.10 Å². The first-order valence-electron chi connectivity index (χ1n) is 7.21. The number of aliphatic hydroxyl groups is 1. The van der Waals surface area contributed by atoms with E-state index in [1.807, 2.05) is 12.1 Å². The summed E-state index contributed by atoms with van der Waals surface area (Å²) in [6.07, 6.45) is 0.508. The van der Waals surface area contributed by atoms with Crippen molar-refractivity contribution in [2.24, 2.45) is 0 Å². The van der Waals surface area contributed by atoms with E-state index in [0.717, 1.165) is 34.4 Å². The zero-order valence-corrected chi connectivity index (χ0v) is 15.0. The van der Waals surface area contributed by atoms with E-state index in [4.69, 9.17) is 0 Å². The minimum absolute atomic E-state index is 0.426. The number of halogens is 1. The summed E-state index contributed by atoms with van der Waals surface area (Å²) < 4.78 is 3.19. The number of hydrogen-bond acceptors (Lipinski definition) is 3. The molecular formula is C16H21BrN2OS. The standard InChI is InChI=1S/C16H21BrN2OS/c1-4-14-16(17)15(19(5-2)18-14)10-21-13-8-6-7-12(9-13)11(3)20/h6-9,11,20H,4-5,10H2,1-3H3. The van der Waals surface area contributed by atoms with Gasteiger partial charge in [-0.1, -0.05) is 19.1 Å². The van der Waals surface area contributed by atoms with E-state index >= 15 is 0 Å². The van der Waals surface area contributed by atoms with Gasteiger partial charge in [0.2, 0.25) is 0 Å². The molecule has 0 spiro atoms. The summed E-state index contributed by atoms with van der Waals surface area (Å²) in [7, 11) is 0. The highest BCUT2D eigenvalue weighted by Crippen LogP contribution is 2.30. The highest BCUT2D eigenvalue weighted by Gasteiger charge is 2.14. The summed E-state index contributed by atoms with van der Waals surface area (Å²) in [5, 5.41) is 14.3. The van der Waals surface area contributed by atoms with E-state index in [0.29, 0.717) is 0 Å². The summed E-state index contributed by atoms with van der Waals surface area (Å²) in [4.78, 5) is 1.17. The molecule has 1 heterocycles. The molecule has 0 aliphatic heterocycles. The number of aryl methyl sites for hydroxylation is 2. The Bertz CT molecular complexity index is 610. The molecule has 0 aliphatic carbocycles. The van der Waals surface area contributed by atoms with Crippen molar-refractivity contribution < 1.29 is 5.11 Å². The van der Waals surface area contributed by atoms with Crippen molar-refractivity contribution in [1.82, 2.24) is 9.78 Å². The minimum atomic E-state index is -0.426. The lowest BCUT2D eigenvalue weighted by Crippen LogP contribution is -2.02. The van der Waals surface area contributed by atoms with Gasteiger partial charge in [0.25, 0.3) is 0 Å². The van der Waals surface area contributed by atoms with Crippen LogP contribution in [-0.4, -0.2) is 14.9 Å². The van der Waals surface area contributed by atoms with Crippen molar-refractivity contribution in [2.45, 2.75) is 50.5 Å². The summed E-state index contributed by atoms with van der Waals surface area (Å²) in [6, 6.07) is 8.08. The topological polar surface area (TPSA) is 38.0 Å². The Morgan fingerprint density at radius 2 is 2.14 bits per heavy atom. The number of rotatable bonds is 6. The van der Waals surface area contributed by atoms with Crippen LogP contribution in [0.1, 0.15) is 43.8 Å². The number of thioether (sulfide) groups is 1. The molecule has 1 aromatic heterocycles. The second-order valence-corrected chi connectivity index (χ2v) is 6.76. The van der Waals surface area contributed by atoms with E-state index in [1.165, 1.54) is 10.6 Å². The molecule has 0 amide bonds. The van der Waals surface area contributed by atoms with Crippen molar-refractivity contribution in [3.63, 3.8) is 0 Å². The van der Waals surface area contributed by atoms with Crippen LogP contribution in [0, 0.1) is 0 Å². The lowest BCUT2D eigenvalue weighted by molar-refractivity contribution is 0.199. The third-order valence-electron chi connectivity index (χ3n) is 3.41. The van der Waals surface area contributed by atoms with E-state index in [2.05, 4.69) is 51.7 Å². The molecule has 2 aromatic rings. The molecule has 21 heavy (non-hydrogen) atoms. The van der Waals surface area contributed by atoms with Crippen molar-refractivity contribution >= 4 is 27.7 Å². The third kappa shape index (κ3) is 3.90. The monoisotopic (exact) mass is 368 g/mol. The molecule has 0 radical (unpaired) electrons. The third-order valence-corrected chi connectivity index (χ3v) is 5.33. The van der Waals surface area contributed by atoms with Crippen LogP contribution in [0.25, 0.3) is 0 Å². The first kappa shape index (κ1) is 16.6. The van der Waals surface area contributed by atoms with Crippen LogP contribution in [0.15, 0.2) is 33.6 Å². The second-order valence-electron chi connectivity index (χ2n) is 4.91. The lowest BCUT2D eigenvalue weighted by atomic mass is 10.1. The molecular weight excluding hydrogens is 348 g/mol. The smallest absolute Gasteiger partial charge is 0.0767 e. The van der Waals surface area contributed by atoms with Crippen LogP contribution in [0.2, 0.25) is 0 Å². The van der Waals surface area contributed by atoms with Crippen molar-refractivity contribution in [2.75, 3.05) is 0 Å². The van der Waals surface area contributed by atoms with Crippen molar-refractivity contribution in [3.8, 4) is 0 Å². The maximum atomic E-state index is 9.66. The lowest BCUT2D eigenvalue weighted by Gasteiger charge is -2.08. The Kier molecular flexibility index (Phi) is 5.90. The maximum absolute atomic E-state index is 9.66. The second kappa shape index (κ2) is 7.47. The molecule has 0 saturated heterocycles. The zero-order chi connectivity index (χ0) is 15.4. The van der Waals surface area contributed by atoms with Gasteiger partial charge in [0, 0.05) is 17.2 Å². The molecule has 1 atom stereocenters. The van der Waals surface area contributed by atoms with Gasteiger partial charge in [-0.15, -0.1) is 11.8 Å². The van der Waals surface area contributed by atoms with Crippen LogP contribution < -0.4 is 0 Å². The van der Waals surface area contributed by atoms with Crippen molar-refractivity contribution in [1.29, 1.82) is 0 Å². The van der Waals surface area contributed by atoms with Gasteiger partial charge in [-0.3, -0.25) is 4.68 Å². The quantitative estimate of drug-likeness (QED) is 0.758. The van der Waals surface area contributed by atoms with E-state index in [-0.39, 0.29) is 0 Å². The van der Waals surface area contributed by atoms with Crippen molar-refractivity contribution in [3.05, 3.63) is 45.7 Å². The molecule has 3 nitrogen and oxygen atoms in total. The molecule has 1 aromatic carbocycles. The average molecular weight is 369 g/mol. The maximum Gasteiger partial charge on any atom is 0.0767 e. The summed E-state index contributed by atoms with van der Waals surface area (Å²) in [6.45, 7) is 6.90. The Balaban J connectivity index is 2.16. The molecule has 0 fully saturated rings. The molecule has 0 bridgehead atoms. The predicted molar refractivity (Wildman–Crippen MR) is 91.6 cm³/mol. The normalized spacial score (nSPS) is 12.6. The van der Waals surface area contributed by atoms with Crippen LogP contribution in [0.5, 0.6) is 0 Å². The van der Waals surface area contributed by atoms with Crippen LogP contribution in [0.3, 0.4) is 0 Å². The predicted octanol–water partition coefficient (Wildman–Crippen LogP) is 4.57. The van der Waals surface area contributed by atoms with Crippen LogP contribution >= 0.6 is 27.7 Å². The molecule has 114 valence electrons. The fraction of sp³-hybridized carbons (Fsp3) is 0.438. The zero-order valence-electron chi connectivity index (χ0n) is 12.6. The molecule has 0 aliphatic rings. The minimum Gasteiger partial charge on any atom is -0.389 e. The number of benzene rings is 1. The Morgan fingerprint density at radius 3 is 2.76 bits per heavy atom. The molecule has 1 N–H and O–H groups in total. The number of nitrogens with zero attached hydrogens (tertiary/aromatic N) is 2. The molecule has 2 rings (SSSR count). The van der Waals surface area contributed by atoms with Gasteiger partial charge in [0.05, 0.1) is 22.0 Å². The van der Waals surface area contributed by atoms with E-state index < -0.39 is 6.10 Å². The van der Waals surface area contributed by atoms with Gasteiger partial charge in [0.1, 0.15) is 0 Å². The molecule has 1 unspecified atom stereocenters. The Hall–Kier alpha value is -0.780. The van der Waals surface area contributed by atoms with Gasteiger partial charge >= 0.3 is 0 Å². The van der Waals surface area contributed by atoms with Gasteiger partial charge in [-0.25, -0.2) is 0 Å². The van der Waals surface area contributed by atoms with Gasteiger partial charge < -0.3 is 5.11 Å². The Labute approximate surface area is 138 Å². The highest BCUT2D eigenvalue weighted by atomic mass is 79.9. The van der Waals surface area contributed by atoms with Gasteiger partial charge in [-0.05, 0) is 53.9 Å². The van der Waals surface area contributed by atoms with E-state index in [1.54, 1.807) is 18.7 Å². The molecule has 0 saturated carbocycles. The SMILES string of the molecule is CCc1nn(CC)c(CSc2cccc(C(C)O)c2)c1Br. The van der Waals surface area contributed by atoms with Crippen LogP contribution in [-0.2, 0) is 18.7 Å². The van der Waals surface area contributed by atoms with E-state index in [9.17, 15) is 5.11 Å². The fourth-order valence-corrected chi connectivity index (χ4v) is 4.05. The number of aromatic nitrogens is 2. The first-order chi connectivity index (χ1) is 10.1. The largest absolute Gasteiger partial charge is 0.389 e. The summed E-state index contributed by atoms with van der Waals surface area (Å²) in [5.41, 5.74) is 3.30. The summed E-state index contributed by atoms with van der Waals surface area (Å²) >= 11 is 5.45. The average Bonchev–Trinajstić information content (AvgIpc) is 2.81. The van der Waals surface area contributed by atoms with Crippen LogP contribution in [0.4, 0.5) is 0 Å². The number of aliphatic hydroxyl groups excluding tert-OH is 1. The fourth-order valence-electron chi connectivity index (χ4n) is 2.17. The molecule has 5 heteroatoms. The summed E-state index contributed by atoms with van der Waals surface area (Å²) in [5.74, 6) is 0.866. The number of hydrogen-bond donors (Lipinski definition) is 1. The van der Waals surface area contributed by atoms with Gasteiger partial charge in [0.15, 0.2) is 0 Å².